The highest BCUT2D eigenvalue weighted by molar-refractivity contribution is 5.82. The molecule has 0 saturated heterocycles. The molecule has 1 amide bonds. The lowest BCUT2D eigenvalue weighted by atomic mass is 10.0. The summed E-state index contributed by atoms with van der Waals surface area (Å²) in [6.45, 7) is 4.67. The molecule has 4 heteroatoms. The van der Waals surface area contributed by atoms with Gasteiger partial charge in [-0.25, -0.2) is 0 Å². The minimum Gasteiger partial charge on any atom is -0.387 e. The van der Waals surface area contributed by atoms with E-state index in [2.05, 4.69) is 0 Å². The molecule has 2 rings (SSSR count). The maximum absolute atomic E-state index is 12.6. The quantitative estimate of drug-likeness (QED) is 0.821. The van der Waals surface area contributed by atoms with Crippen LogP contribution in [0.15, 0.2) is 54.6 Å². The Kier molecular flexibility index (Phi) is 6.53. The predicted molar refractivity (Wildman–Crippen MR) is 96.5 cm³/mol. The number of hydrogen-bond acceptors (Lipinski definition) is 3. The molecule has 2 aromatic carbocycles. The first-order valence-electron chi connectivity index (χ1n) is 8.34. The predicted octanol–water partition coefficient (Wildman–Crippen LogP) is 2.45. The number of aryl methyl sites for hydroxylation is 1. The zero-order valence-electron chi connectivity index (χ0n) is 14.4. The Morgan fingerprint density at radius 1 is 1.12 bits per heavy atom. The van der Waals surface area contributed by atoms with Crippen molar-refractivity contribution in [1.29, 1.82) is 0 Å². The molecule has 0 radical (unpaired) electrons. The summed E-state index contributed by atoms with van der Waals surface area (Å²) in [7, 11) is 0. The number of hydrogen-bond donors (Lipinski definition) is 2. The molecule has 4 nitrogen and oxygen atoms in total. The maximum Gasteiger partial charge on any atom is 0.239 e. The van der Waals surface area contributed by atoms with Gasteiger partial charge in [-0.3, -0.25) is 4.79 Å². The molecular weight excluding hydrogens is 300 g/mol. The summed E-state index contributed by atoms with van der Waals surface area (Å²) in [6.07, 6.45) is -0.213. The Morgan fingerprint density at radius 3 is 2.33 bits per heavy atom. The molecule has 1 unspecified atom stereocenters. The molecular formula is C20H26N2O2. The van der Waals surface area contributed by atoms with Crippen molar-refractivity contribution in [3.63, 3.8) is 0 Å². The monoisotopic (exact) mass is 326 g/mol. The van der Waals surface area contributed by atoms with Gasteiger partial charge in [0.1, 0.15) is 0 Å². The minimum absolute atomic E-state index is 0.132. The largest absolute Gasteiger partial charge is 0.387 e. The van der Waals surface area contributed by atoms with E-state index in [4.69, 9.17) is 5.73 Å². The van der Waals surface area contributed by atoms with Gasteiger partial charge in [-0.05, 0) is 31.4 Å². The van der Waals surface area contributed by atoms with E-state index in [9.17, 15) is 9.90 Å². The highest BCUT2D eigenvalue weighted by Crippen LogP contribution is 2.16. The Balaban J connectivity index is 1.98. The van der Waals surface area contributed by atoms with Gasteiger partial charge >= 0.3 is 0 Å². The molecule has 0 saturated carbocycles. The maximum atomic E-state index is 12.6. The molecule has 0 aromatic heterocycles. The molecule has 0 fully saturated rings. The third-order valence-corrected chi connectivity index (χ3v) is 4.16. The average molecular weight is 326 g/mol. The van der Waals surface area contributed by atoms with Crippen molar-refractivity contribution < 1.29 is 9.90 Å². The second kappa shape index (κ2) is 8.62. The Hall–Kier alpha value is -2.17. The summed E-state index contributed by atoms with van der Waals surface area (Å²) in [5.74, 6) is -0.132. The van der Waals surface area contributed by atoms with Gasteiger partial charge in [0, 0.05) is 6.54 Å². The number of aliphatic hydroxyl groups excluding tert-OH is 1. The number of likely N-dealkylation sites (N-methyl/N-ethyl adjacent to an activating group) is 1. The fraction of sp³-hybridized carbons (Fsp3) is 0.350. The van der Waals surface area contributed by atoms with Crippen LogP contribution in [0.1, 0.15) is 29.7 Å². The highest BCUT2D eigenvalue weighted by Gasteiger charge is 2.22. The fourth-order valence-corrected chi connectivity index (χ4v) is 2.67. The third-order valence-electron chi connectivity index (χ3n) is 4.16. The summed E-state index contributed by atoms with van der Waals surface area (Å²) in [5.41, 5.74) is 9.07. The van der Waals surface area contributed by atoms with Crippen molar-refractivity contribution in [2.24, 2.45) is 5.73 Å². The fourth-order valence-electron chi connectivity index (χ4n) is 2.67. The zero-order valence-corrected chi connectivity index (χ0v) is 14.4. The van der Waals surface area contributed by atoms with E-state index in [1.54, 1.807) is 4.90 Å². The van der Waals surface area contributed by atoms with Crippen molar-refractivity contribution >= 4 is 5.91 Å². The second-order valence-electron chi connectivity index (χ2n) is 6.10. The van der Waals surface area contributed by atoms with Crippen molar-refractivity contribution in [3.05, 3.63) is 71.3 Å². The number of nitrogens with two attached hydrogens (primary N) is 1. The van der Waals surface area contributed by atoms with Crippen molar-refractivity contribution in [3.8, 4) is 0 Å². The van der Waals surface area contributed by atoms with Gasteiger partial charge in [-0.2, -0.15) is 0 Å². The molecule has 24 heavy (non-hydrogen) atoms. The Labute approximate surface area is 143 Å². The number of rotatable bonds is 7. The molecule has 2 atom stereocenters. The normalized spacial score (nSPS) is 13.3. The van der Waals surface area contributed by atoms with Gasteiger partial charge in [-0.15, -0.1) is 0 Å². The lowest BCUT2D eigenvalue weighted by molar-refractivity contribution is -0.133. The number of aliphatic hydroxyl groups is 1. The van der Waals surface area contributed by atoms with Crippen LogP contribution in [-0.4, -0.2) is 35.0 Å². The molecule has 0 heterocycles. The van der Waals surface area contributed by atoms with Gasteiger partial charge in [0.2, 0.25) is 5.91 Å². The van der Waals surface area contributed by atoms with Crippen LogP contribution in [0.25, 0.3) is 0 Å². The van der Waals surface area contributed by atoms with Crippen LogP contribution in [0.2, 0.25) is 0 Å². The second-order valence-corrected chi connectivity index (χ2v) is 6.10. The van der Waals surface area contributed by atoms with Gasteiger partial charge in [0.15, 0.2) is 0 Å². The summed E-state index contributed by atoms with van der Waals surface area (Å²) < 4.78 is 0. The first kappa shape index (κ1) is 18.2. The number of benzene rings is 2. The van der Waals surface area contributed by atoms with E-state index in [0.717, 1.165) is 16.7 Å². The average Bonchev–Trinajstić information content (AvgIpc) is 2.60. The summed E-state index contributed by atoms with van der Waals surface area (Å²) in [5, 5.41) is 10.4. The first-order valence-corrected chi connectivity index (χ1v) is 8.34. The SMILES string of the molecule is CCN(CC(O)c1ccc(C)cc1)C(=O)[C@@H](N)Cc1ccccc1. The van der Waals surface area contributed by atoms with Crippen molar-refractivity contribution in [1.82, 2.24) is 4.90 Å². The smallest absolute Gasteiger partial charge is 0.239 e. The van der Waals surface area contributed by atoms with Crippen LogP contribution in [0.5, 0.6) is 0 Å². The van der Waals surface area contributed by atoms with Crippen LogP contribution in [-0.2, 0) is 11.2 Å². The molecule has 2 aromatic rings. The third kappa shape index (κ3) is 4.91. The van der Waals surface area contributed by atoms with Crippen LogP contribution in [0, 0.1) is 6.92 Å². The zero-order chi connectivity index (χ0) is 17.5. The van der Waals surface area contributed by atoms with Crippen molar-refractivity contribution in [2.75, 3.05) is 13.1 Å². The lowest BCUT2D eigenvalue weighted by Gasteiger charge is -2.27. The van der Waals surface area contributed by atoms with E-state index in [0.29, 0.717) is 13.0 Å². The van der Waals surface area contributed by atoms with Crippen LogP contribution >= 0.6 is 0 Å². The van der Waals surface area contributed by atoms with Crippen LogP contribution in [0.4, 0.5) is 0 Å². The van der Waals surface area contributed by atoms with Crippen molar-refractivity contribution in [2.45, 2.75) is 32.4 Å². The van der Waals surface area contributed by atoms with E-state index in [1.807, 2.05) is 68.4 Å². The molecule has 3 N–H and O–H groups in total. The van der Waals surface area contributed by atoms with E-state index < -0.39 is 12.1 Å². The number of carbonyl (C=O) groups excluding carboxylic acids is 1. The number of nitrogens with zero attached hydrogens (tertiary/aromatic N) is 1. The standard InChI is InChI=1S/C20H26N2O2/c1-3-22(14-19(23)17-11-9-15(2)10-12-17)20(24)18(21)13-16-7-5-4-6-8-16/h4-12,18-19,23H,3,13-14,21H2,1-2H3/t18-,19?/m0/s1. The Morgan fingerprint density at radius 2 is 1.75 bits per heavy atom. The van der Waals surface area contributed by atoms with Gasteiger partial charge in [0.25, 0.3) is 0 Å². The topological polar surface area (TPSA) is 66.6 Å². The van der Waals surface area contributed by atoms with Gasteiger partial charge in [0.05, 0.1) is 18.7 Å². The van der Waals surface area contributed by atoms with E-state index in [1.165, 1.54) is 0 Å². The lowest BCUT2D eigenvalue weighted by Crippen LogP contribution is -2.46. The molecule has 128 valence electrons. The van der Waals surface area contributed by atoms with Crippen LogP contribution in [0.3, 0.4) is 0 Å². The van der Waals surface area contributed by atoms with E-state index >= 15 is 0 Å². The molecule has 0 spiro atoms. The Bertz CT molecular complexity index is 640. The summed E-state index contributed by atoms with van der Waals surface area (Å²) in [4.78, 5) is 14.2. The molecule has 0 aliphatic heterocycles. The first-order chi connectivity index (χ1) is 11.5. The number of carbonyl (C=O) groups is 1. The summed E-state index contributed by atoms with van der Waals surface area (Å²) in [6, 6.07) is 16.8. The molecule has 0 aliphatic carbocycles. The summed E-state index contributed by atoms with van der Waals surface area (Å²) >= 11 is 0. The van der Waals surface area contributed by atoms with Gasteiger partial charge in [-0.1, -0.05) is 60.2 Å². The molecule has 0 aliphatic rings. The number of amides is 1. The highest BCUT2D eigenvalue weighted by atomic mass is 16.3. The minimum atomic E-state index is -0.710. The van der Waals surface area contributed by atoms with E-state index in [-0.39, 0.29) is 12.5 Å². The van der Waals surface area contributed by atoms with Crippen LogP contribution < -0.4 is 5.73 Å². The van der Waals surface area contributed by atoms with Gasteiger partial charge < -0.3 is 15.7 Å². The molecule has 0 bridgehead atoms.